The Kier molecular flexibility index (Phi) is 6.66. The van der Waals surface area contributed by atoms with Gasteiger partial charge in [0.05, 0.1) is 4.90 Å². The molecule has 0 aliphatic carbocycles. The van der Waals surface area contributed by atoms with Crippen molar-refractivity contribution in [2.45, 2.75) is 44.0 Å². The third-order valence-corrected chi connectivity index (χ3v) is 7.53. The van der Waals surface area contributed by atoms with Crippen molar-refractivity contribution >= 4 is 27.3 Å². The van der Waals surface area contributed by atoms with Crippen LogP contribution in [0.1, 0.15) is 42.1 Å². The van der Waals surface area contributed by atoms with Crippen molar-refractivity contribution in [2.24, 2.45) is 0 Å². The van der Waals surface area contributed by atoms with Gasteiger partial charge in [0.25, 0.3) is 5.91 Å². The molecule has 0 aromatic heterocycles. The number of rotatable bonds is 5. The summed E-state index contributed by atoms with van der Waals surface area (Å²) in [5.41, 5.74) is 0.415. The van der Waals surface area contributed by atoms with Gasteiger partial charge in [-0.1, -0.05) is 12.5 Å². The van der Waals surface area contributed by atoms with E-state index in [0.717, 1.165) is 31.4 Å². The number of carbonyl (C=O) groups excluding carboxylic acids is 1. The summed E-state index contributed by atoms with van der Waals surface area (Å²) in [4.78, 5) is 14.1. The molecule has 1 amide bonds. The molecule has 9 heteroatoms. The van der Waals surface area contributed by atoms with Crippen LogP contribution in [0.3, 0.4) is 0 Å². The summed E-state index contributed by atoms with van der Waals surface area (Å²) in [5, 5.41) is 2.47. The van der Waals surface area contributed by atoms with E-state index in [2.05, 4.69) is 5.32 Å². The standard InChI is InChI=1S/C22H27F2N3O3S/c1-14-8-9-17(31(29,30)27-10-6-5-7-15(27)2)13-18(14)22(28)25-16-11-19(23)21(26(3)4)20(24)12-16/h8-9,11-13,15H,5-7,10H2,1-4H3,(H,25,28). The molecular weight excluding hydrogens is 424 g/mol. The third-order valence-electron chi connectivity index (χ3n) is 5.52. The van der Waals surface area contributed by atoms with Crippen molar-refractivity contribution < 1.29 is 22.0 Å². The highest BCUT2D eigenvalue weighted by molar-refractivity contribution is 7.89. The minimum absolute atomic E-state index is 0.0253. The Morgan fingerprint density at radius 3 is 2.35 bits per heavy atom. The molecule has 3 rings (SSSR count). The van der Waals surface area contributed by atoms with Gasteiger partial charge in [-0.25, -0.2) is 17.2 Å². The Balaban J connectivity index is 1.91. The van der Waals surface area contributed by atoms with E-state index in [-0.39, 0.29) is 27.9 Å². The number of amides is 1. The van der Waals surface area contributed by atoms with E-state index in [1.807, 2.05) is 6.92 Å². The predicted octanol–water partition coefficient (Wildman–Crippen LogP) is 4.15. The van der Waals surface area contributed by atoms with Crippen LogP contribution in [0.25, 0.3) is 0 Å². The number of piperidine rings is 1. The Morgan fingerprint density at radius 2 is 1.77 bits per heavy atom. The van der Waals surface area contributed by atoms with Crippen LogP contribution in [-0.4, -0.2) is 45.3 Å². The number of nitrogens with one attached hydrogen (secondary N) is 1. The summed E-state index contributed by atoms with van der Waals surface area (Å²) in [6, 6.07) is 6.31. The average Bonchev–Trinajstić information content (AvgIpc) is 2.67. The number of hydrogen-bond acceptors (Lipinski definition) is 4. The van der Waals surface area contributed by atoms with Gasteiger partial charge in [0, 0.05) is 37.9 Å². The molecule has 1 saturated heterocycles. The zero-order valence-electron chi connectivity index (χ0n) is 18.1. The lowest BCUT2D eigenvalue weighted by Gasteiger charge is -2.32. The number of benzene rings is 2. The zero-order valence-corrected chi connectivity index (χ0v) is 18.9. The number of aryl methyl sites for hydroxylation is 1. The first-order valence-corrected chi connectivity index (χ1v) is 11.6. The molecular formula is C22H27F2N3O3S. The quantitative estimate of drug-likeness (QED) is 0.741. The fourth-order valence-corrected chi connectivity index (χ4v) is 5.56. The van der Waals surface area contributed by atoms with Crippen LogP contribution >= 0.6 is 0 Å². The highest BCUT2D eigenvalue weighted by Crippen LogP contribution is 2.28. The molecule has 1 fully saturated rings. The SMILES string of the molecule is Cc1ccc(S(=O)(=O)N2CCCCC2C)cc1C(=O)Nc1cc(F)c(N(C)C)c(F)c1. The number of sulfonamides is 1. The first-order chi connectivity index (χ1) is 14.5. The second-order valence-corrected chi connectivity index (χ2v) is 9.96. The molecule has 6 nitrogen and oxygen atoms in total. The number of halogens is 2. The Labute approximate surface area is 181 Å². The molecule has 1 heterocycles. The van der Waals surface area contributed by atoms with Crippen molar-refractivity contribution in [2.75, 3.05) is 30.9 Å². The second-order valence-electron chi connectivity index (χ2n) is 8.07. The van der Waals surface area contributed by atoms with Crippen LogP contribution < -0.4 is 10.2 Å². The highest BCUT2D eigenvalue weighted by Gasteiger charge is 2.31. The summed E-state index contributed by atoms with van der Waals surface area (Å²) in [5.74, 6) is -2.27. The minimum atomic E-state index is -3.76. The van der Waals surface area contributed by atoms with Gasteiger partial charge in [-0.2, -0.15) is 4.31 Å². The molecule has 31 heavy (non-hydrogen) atoms. The van der Waals surface area contributed by atoms with Gasteiger partial charge >= 0.3 is 0 Å². The maximum atomic E-state index is 14.2. The number of anilines is 2. The van der Waals surface area contributed by atoms with E-state index in [4.69, 9.17) is 0 Å². The molecule has 2 aromatic rings. The molecule has 1 aliphatic heterocycles. The number of nitrogens with zero attached hydrogens (tertiary/aromatic N) is 2. The maximum Gasteiger partial charge on any atom is 0.255 e. The van der Waals surface area contributed by atoms with E-state index in [1.165, 1.54) is 35.4 Å². The maximum absolute atomic E-state index is 14.2. The lowest BCUT2D eigenvalue weighted by atomic mass is 10.1. The molecule has 168 valence electrons. The van der Waals surface area contributed by atoms with Crippen molar-refractivity contribution in [1.29, 1.82) is 0 Å². The van der Waals surface area contributed by atoms with E-state index in [0.29, 0.717) is 12.1 Å². The number of hydrogen-bond donors (Lipinski definition) is 1. The van der Waals surface area contributed by atoms with Gasteiger partial charge in [-0.15, -0.1) is 0 Å². The fourth-order valence-electron chi connectivity index (χ4n) is 3.83. The highest BCUT2D eigenvalue weighted by atomic mass is 32.2. The minimum Gasteiger partial charge on any atom is -0.373 e. The molecule has 1 unspecified atom stereocenters. The van der Waals surface area contributed by atoms with Crippen molar-refractivity contribution in [1.82, 2.24) is 4.31 Å². The van der Waals surface area contributed by atoms with E-state index in [1.54, 1.807) is 13.0 Å². The first-order valence-electron chi connectivity index (χ1n) is 10.1. The average molecular weight is 452 g/mol. The molecule has 0 bridgehead atoms. The van der Waals surface area contributed by atoms with Crippen LogP contribution in [0.2, 0.25) is 0 Å². The topological polar surface area (TPSA) is 69.7 Å². The summed E-state index contributed by atoms with van der Waals surface area (Å²) in [7, 11) is -0.733. The molecule has 0 saturated carbocycles. The van der Waals surface area contributed by atoms with Gasteiger partial charge in [-0.05, 0) is 56.5 Å². The molecule has 0 spiro atoms. The van der Waals surface area contributed by atoms with E-state index < -0.39 is 27.6 Å². The summed E-state index contributed by atoms with van der Waals surface area (Å²) < 4.78 is 56.2. The number of carbonyl (C=O) groups is 1. The van der Waals surface area contributed by atoms with Crippen LogP contribution in [0.15, 0.2) is 35.2 Å². The van der Waals surface area contributed by atoms with E-state index >= 15 is 0 Å². The van der Waals surface area contributed by atoms with Crippen molar-refractivity contribution in [3.8, 4) is 0 Å². The summed E-state index contributed by atoms with van der Waals surface area (Å²) in [6.07, 6.45) is 2.57. The third kappa shape index (κ3) is 4.72. The lowest BCUT2D eigenvalue weighted by molar-refractivity contribution is 0.102. The molecule has 0 radical (unpaired) electrons. The molecule has 2 aromatic carbocycles. The lowest BCUT2D eigenvalue weighted by Crippen LogP contribution is -2.42. The van der Waals surface area contributed by atoms with E-state index in [9.17, 15) is 22.0 Å². The Morgan fingerprint density at radius 1 is 1.13 bits per heavy atom. The molecule has 1 atom stereocenters. The van der Waals surface area contributed by atoms with Crippen LogP contribution in [0, 0.1) is 18.6 Å². The normalized spacial score (nSPS) is 17.4. The van der Waals surface area contributed by atoms with Gasteiger partial charge in [0.1, 0.15) is 5.69 Å². The van der Waals surface area contributed by atoms with Gasteiger partial charge in [0.2, 0.25) is 10.0 Å². The van der Waals surface area contributed by atoms with Crippen LogP contribution in [-0.2, 0) is 10.0 Å². The van der Waals surface area contributed by atoms with Crippen molar-refractivity contribution in [3.63, 3.8) is 0 Å². The van der Waals surface area contributed by atoms with Crippen LogP contribution in [0.5, 0.6) is 0 Å². The second kappa shape index (κ2) is 8.92. The first kappa shape index (κ1) is 23.1. The molecule has 1 aliphatic rings. The predicted molar refractivity (Wildman–Crippen MR) is 117 cm³/mol. The largest absolute Gasteiger partial charge is 0.373 e. The monoisotopic (exact) mass is 451 g/mol. The van der Waals surface area contributed by atoms with Crippen LogP contribution in [0.4, 0.5) is 20.2 Å². The van der Waals surface area contributed by atoms with Gasteiger partial charge in [-0.3, -0.25) is 4.79 Å². The Bertz CT molecular complexity index is 1080. The van der Waals surface area contributed by atoms with Crippen molar-refractivity contribution in [3.05, 3.63) is 53.1 Å². The smallest absolute Gasteiger partial charge is 0.255 e. The summed E-state index contributed by atoms with van der Waals surface area (Å²) >= 11 is 0. The van der Waals surface area contributed by atoms with Gasteiger partial charge < -0.3 is 10.2 Å². The Hall–Kier alpha value is -2.52. The fraction of sp³-hybridized carbons (Fsp3) is 0.409. The molecule has 1 N–H and O–H groups in total. The summed E-state index contributed by atoms with van der Waals surface area (Å²) in [6.45, 7) is 3.99. The zero-order chi connectivity index (χ0) is 22.9. The van der Waals surface area contributed by atoms with Gasteiger partial charge in [0.15, 0.2) is 11.6 Å².